The molecule has 1 aromatic carbocycles. The van der Waals surface area contributed by atoms with Crippen molar-refractivity contribution >= 4 is 29.9 Å². The van der Waals surface area contributed by atoms with Gasteiger partial charge in [-0.1, -0.05) is 38.1 Å². The van der Waals surface area contributed by atoms with Crippen LogP contribution >= 0.6 is 24.0 Å². The molecule has 0 bridgehead atoms. The van der Waals surface area contributed by atoms with Crippen LogP contribution in [0.25, 0.3) is 0 Å². The molecule has 1 aromatic heterocycles. The smallest absolute Gasteiger partial charge is 0.214 e. The molecule has 0 fully saturated rings. The summed E-state index contributed by atoms with van der Waals surface area (Å²) in [6.07, 6.45) is 0. The fourth-order valence-electron chi connectivity index (χ4n) is 2.82. The predicted molar refractivity (Wildman–Crippen MR) is 126 cm³/mol. The van der Waals surface area contributed by atoms with Crippen LogP contribution in [0, 0.1) is 13.8 Å². The van der Waals surface area contributed by atoms with E-state index >= 15 is 0 Å². The molecule has 0 unspecified atom stereocenters. The van der Waals surface area contributed by atoms with Gasteiger partial charge in [-0.3, -0.25) is 4.90 Å². The summed E-state index contributed by atoms with van der Waals surface area (Å²) in [5, 5.41) is 6.56. The normalized spacial score (nSPS) is 11.4. The quantitative estimate of drug-likeness (QED) is 0.310. The van der Waals surface area contributed by atoms with Gasteiger partial charge in [0.25, 0.3) is 0 Å². The Bertz CT molecular complexity index is 721. The second-order valence-corrected chi connectivity index (χ2v) is 6.58. The van der Waals surface area contributed by atoms with E-state index < -0.39 is 0 Å². The van der Waals surface area contributed by atoms with Gasteiger partial charge in [0, 0.05) is 13.1 Å². The maximum Gasteiger partial charge on any atom is 0.214 e. The Balaban J connectivity index is 0.00000392. The van der Waals surface area contributed by atoms with Gasteiger partial charge in [0.2, 0.25) is 5.89 Å². The van der Waals surface area contributed by atoms with E-state index in [0.29, 0.717) is 19.0 Å². The van der Waals surface area contributed by atoms with Crippen LogP contribution in [0.2, 0.25) is 0 Å². The van der Waals surface area contributed by atoms with E-state index in [1.807, 2.05) is 13.8 Å². The van der Waals surface area contributed by atoms with Crippen molar-refractivity contribution in [2.24, 2.45) is 4.99 Å². The van der Waals surface area contributed by atoms with Crippen LogP contribution in [-0.4, -0.2) is 35.5 Å². The predicted octanol–water partition coefficient (Wildman–Crippen LogP) is 4.01. The first-order chi connectivity index (χ1) is 13.0. The molecular weight excluding hydrogens is 465 g/mol. The van der Waals surface area contributed by atoms with E-state index in [2.05, 4.69) is 65.6 Å². The summed E-state index contributed by atoms with van der Waals surface area (Å²) in [4.78, 5) is 11.5. The Hall–Kier alpha value is -1.61. The fourth-order valence-corrected chi connectivity index (χ4v) is 2.82. The standard InChI is InChI=1S/C21H33N5O.HI/c1-6-22-21(24-14-20-25-16(4)17(5)27-20)23-13-18-10-9-11-19(12-18)15-26(7-2)8-3;/h9-12H,6-8,13-15H2,1-5H3,(H2,22,23,24);1H. The van der Waals surface area contributed by atoms with E-state index in [-0.39, 0.29) is 24.0 Å². The highest BCUT2D eigenvalue weighted by Gasteiger charge is 2.07. The first-order valence-electron chi connectivity index (χ1n) is 9.80. The number of hydrogen-bond donors (Lipinski definition) is 2. The zero-order chi connectivity index (χ0) is 19.6. The average Bonchev–Trinajstić information content (AvgIpc) is 3.00. The van der Waals surface area contributed by atoms with Gasteiger partial charge in [-0.25, -0.2) is 9.98 Å². The molecule has 1 heterocycles. The third kappa shape index (κ3) is 7.79. The number of hydrogen-bond acceptors (Lipinski definition) is 4. The molecule has 0 amide bonds. The van der Waals surface area contributed by atoms with Gasteiger partial charge in [-0.2, -0.15) is 0 Å². The van der Waals surface area contributed by atoms with Gasteiger partial charge in [-0.15, -0.1) is 24.0 Å². The number of nitrogens with one attached hydrogen (secondary N) is 2. The van der Waals surface area contributed by atoms with Crippen LogP contribution in [0.15, 0.2) is 33.7 Å². The van der Waals surface area contributed by atoms with Crippen molar-refractivity contribution < 1.29 is 4.42 Å². The number of guanidine groups is 1. The number of aromatic nitrogens is 1. The number of aliphatic imine (C=N–C) groups is 1. The first-order valence-corrected chi connectivity index (χ1v) is 9.80. The molecule has 0 spiro atoms. The molecule has 2 aromatic rings. The van der Waals surface area contributed by atoms with Crippen molar-refractivity contribution in [3.8, 4) is 0 Å². The summed E-state index contributed by atoms with van der Waals surface area (Å²) >= 11 is 0. The minimum Gasteiger partial charge on any atom is -0.444 e. The third-order valence-corrected chi connectivity index (χ3v) is 4.54. The highest BCUT2D eigenvalue weighted by atomic mass is 127. The van der Waals surface area contributed by atoms with Gasteiger partial charge in [-0.05, 0) is 45.0 Å². The zero-order valence-corrected chi connectivity index (χ0v) is 20.0. The topological polar surface area (TPSA) is 65.7 Å². The Labute approximate surface area is 186 Å². The van der Waals surface area contributed by atoms with Crippen molar-refractivity contribution in [2.45, 2.75) is 54.3 Å². The molecule has 0 aliphatic carbocycles. The Morgan fingerprint density at radius 1 is 1.11 bits per heavy atom. The maximum absolute atomic E-state index is 5.62. The second kappa shape index (κ2) is 12.8. The lowest BCUT2D eigenvalue weighted by Crippen LogP contribution is -2.36. The van der Waals surface area contributed by atoms with Gasteiger partial charge >= 0.3 is 0 Å². The molecule has 6 nitrogen and oxygen atoms in total. The number of oxazole rings is 1. The molecule has 0 aliphatic rings. The van der Waals surface area contributed by atoms with E-state index in [4.69, 9.17) is 9.41 Å². The minimum absolute atomic E-state index is 0. The van der Waals surface area contributed by atoms with Crippen LogP contribution in [-0.2, 0) is 19.6 Å². The monoisotopic (exact) mass is 499 g/mol. The molecule has 7 heteroatoms. The summed E-state index contributed by atoms with van der Waals surface area (Å²) in [5.41, 5.74) is 3.47. The molecule has 156 valence electrons. The van der Waals surface area contributed by atoms with Gasteiger partial charge in [0.15, 0.2) is 5.96 Å². The highest BCUT2D eigenvalue weighted by Crippen LogP contribution is 2.10. The summed E-state index contributed by atoms with van der Waals surface area (Å²) in [6, 6.07) is 8.66. The molecule has 0 saturated carbocycles. The van der Waals surface area contributed by atoms with Crippen molar-refractivity contribution in [3.63, 3.8) is 0 Å². The molecule has 0 atom stereocenters. The van der Waals surface area contributed by atoms with E-state index in [0.717, 1.165) is 43.6 Å². The van der Waals surface area contributed by atoms with Crippen LogP contribution in [0.4, 0.5) is 0 Å². The summed E-state index contributed by atoms with van der Waals surface area (Å²) in [7, 11) is 0. The number of rotatable bonds is 9. The second-order valence-electron chi connectivity index (χ2n) is 6.58. The van der Waals surface area contributed by atoms with Crippen LogP contribution in [0.5, 0.6) is 0 Å². The SMILES string of the molecule is CCNC(=NCc1cccc(CN(CC)CC)c1)NCc1nc(C)c(C)o1.I. The largest absolute Gasteiger partial charge is 0.444 e. The lowest BCUT2D eigenvalue weighted by atomic mass is 10.1. The molecule has 0 radical (unpaired) electrons. The number of benzene rings is 1. The number of aryl methyl sites for hydroxylation is 2. The summed E-state index contributed by atoms with van der Waals surface area (Å²) < 4.78 is 5.62. The van der Waals surface area contributed by atoms with Crippen LogP contribution < -0.4 is 10.6 Å². The van der Waals surface area contributed by atoms with Gasteiger partial charge in [0.1, 0.15) is 5.76 Å². The first kappa shape index (κ1) is 24.4. The minimum atomic E-state index is 0. The molecule has 2 rings (SSSR count). The molecule has 28 heavy (non-hydrogen) atoms. The lowest BCUT2D eigenvalue weighted by Gasteiger charge is -2.18. The Morgan fingerprint density at radius 3 is 2.43 bits per heavy atom. The van der Waals surface area contributed by atoms with Crippen molar-refractivity contribution in [2.75, 3.05) is 19.6 Å². The molecule has 0 aliphatic heterocycles. The number of nitrogens with zero attached hydrogens (tertiary/aromatic N) is 3. The maximum atomic E-state index is 5.62. The van der Waals surface area contributed by atoms with Crippen molar-refractivity contribution in [1.29, 1.82) is 0 Å². The average molecular weight is 499 g/mol. The Kier molecular flexibility index (Phi) is 11.1. The van der Waals surface area contributed by atoms with Crippen molar-refractivity contribution in [3.05, 3.63) is 52.7 Å². The molecular formula is C21H34IN5O. The zero-order valence-electron chi connectivity index (χ0n) is 17.7. The summed E-state index contributed by atoms with van der Waals surface area (Å²) in [6.45, 7) is 15.4. The van der Waals surface area contributed by atoms with Crippen molar-refractivity contribution in [1.82, 2.24) is 20.5 Å². The third-order valence-electron chi connectivity index (χ3n) is 4.54. The van der Waals surface area contributed by atoms with Crippen LogP contribution in [0.3, 0.4) is 0 Å². The van der Waals surface area contributed by atoms with Gasteiger partial charge in [0.05, 0.1) is 18.8 Å². The van der Waals surface area contributed by atoms with Gasteiger partial charge < -0.3 is 15.1 Å². The van der Waals surface area contributed by atoms with E-state index in [1.54, 1.807) is 0 Å². The number of halogens is 1. The summed E-state index contributed by atoms with van der Waals surface area (Å²) in [5.74, 6) is 2.30. The fraction of sp³-hybridized carbons (Fsp3) is 0.524. The lowest BCUT2D eigenvalue weighted by molar-refractivity contribution is 0.296. The van der Waals surface area contributed by atoms with E-state index in [9.17, 15) is 0 Å². The van der Waals surface area contributed by atoms with E-state index in [1.165, 1.54) is 11.1 Å². The molecule has 0 saturated heterocycles. The molecule has 2 N–H and O–H groups in total. The Morgan fingerprint density at radius 2 is 1.82 bits per heavy atom. The highest BCUT2D eigenvalue weighted by molar-refractivity contribution is 14.0. The van der Waals surface area contributed by atoms with Crippen LogP contribution in [0.1, 0.15) is 49.2 Å².